The van der Waals surface area contributed by atoms with Crippen LogP contribution >= 0.6 is 35.8 Å². The predicted octanol–water partition coefficient (Wildman–Crippen LogP) is 3.13. The van der Waals surface area contributed by atoms with Crippen molar-refractivity contribution < 1.29 is 0 Å². The summed E-state index contributed by atoms with van der Waals surface area (Å²) in [5, 5.41) is 3.04. The molecule has 1 aromatic rings. The lowest BCUT2D eigenvalue weighted by molar-refractivity contribution is 0.517. The molecule has 84 valence electrons. The number of aromatic nitrogens is 1. The van der Waals surface area contributed by atoms with Crippen molar-refractivity contribution in [2.75, 3.05) is 5.88 Å². The Morgan fingerprint density at radius 2 is 2.38 bits per heavy atom. The highest BCUT2D eigenvalue weighted by atomic mass is 35.5. The average molecular weight is 274 g/mol. The van der Waals surface area contributed by atoms with E-state index in [4.69, 9.17) is 11.6 Å². The first-order valence-electron chi connectivity index (χ1n) is 4.60. The number of rotatable bonds is 1. The fraction of sp³-hybridized carbons (Fsp3) is 0.200. The third-order valence-corrected chi connectivity index (χ3v) is 3.60. The van der Waals surface area contributed by atoms with Crippen LogP contribution in [0.25, 0.3) is 0 Å². The number of alkyl halides is 1. The molecule has 0 fully saturated rings. The van der Waals surface area contributed by atoms with Crippen LogP contribution < -0.4 is 0 Å². The monoisotopic (exact) mass is 273 g/mol. The van der Waals surface area contributed by atoms with Gasteiger partial charge in [0.15, 0.2) is 11.0 Å². The van der Waals surface area contributed by atoms with Gasteiger partial charge in [-0.3, -0.25) is 0 Å². The number of amidine groups is 1. The lowest BCUT2D eigenvalue weighted by atomic mass is 10.2. The number of aliphatic imine (C=N–C) groups is 1. The van der Waals surface area contributed by atoms with Gasteiger partial charge in [0.05, 0.1) is 12.4 Å². The van der Waals surface area contributed by atoms with E-state index in [0.717, 1.165) is 28.8 Å². The maximum atomic E-state index is 5.86. The van der Waals surface area contributed by atoms with E-state index in [-0.39, 0.29) is 12.4 Å². The molecule has 3 rings (SSSR count). The van der Waals surface area contributed by atoms with E-state index in [1.807, 2.05) is 6.07 Å². The van der Waals surface area contributed by atoms with E-state index in [1.165, 1.54) is 0 Å². The standard InChI is InChI=1S/C10H8ClN3S.ClH/c11-4-8-6-15-10-13-9-7(5-14(8)10)2-1-3-12-9;/h1-3,6H,4-5H2;1H. The smallest absolute Gasteiger partial charge is 0.175 e. The molecule has 3 nitrogen and oxygen atoms in total. The first-order valence-corrected chi connectivity index (χ1v) is 6.01. The van der Waals surface area contributed by atoms with Gasteiger partial charge in [0.2, 0.25) is 0 Å². The Labute approximate surface area is 109 Å². The molecule has 0 aliphatic carbocycles. The summed E-state index contributed by atoms with van der Waals surface area (Å²) >= 11 is 7.47. The van der Waals surface area contributed by atoms with Gasteiger partial charge >= 0.3 is 0 Å². The topological polar surface area (TPSA) is 28.5 Å². The van der Waals surface area contributed by atoms with Crippen LogP contribution in [0.2, 0.25) is 0 Å². The second-order valence-electron chi connectivity index (χ2n) is 3.33. The number of pyridine rings is 1. The summed E-state index contributed by atoms with van der Waals surface area (Å²) in [6.07, 6.45) is 1.77. The van der Waals surface area contributed by atoms with Crippen molar-refractivity contribution in [3.05, 3.63) is 35.0 Å². The average Bonchev–Trinajstić information content (AvgIpc) is 2.68. The van der Waals surface area contributed by atoms with E-state index in [1.54, 1.807) is 18.0 Å². The fourth-order valence-corrected chi connectivity index (χ4v) is 2.86. The third-order valence-electron chi connectivity index (χ3n) is 2.41. The Balaban J connectivity index is 0.000000963. The Morgan fingerprint density at radius 3 is 3.19 bits per heavy atom. The van der Waals surface area contributed by atoms with Crippen molar-refractivity contribution >= 4 is 46.8 Å². The minimum absolute atomic E-state index is 0. The quantitative estimate of drug-likeness (QED) is 0.736. The molecule has 1 aromatic heterocycles. The van der Waals surface area contributed by atoms with Crippen LogP contribution in [0, 0.1) is 0 Å². The van der Waals surface area contributed by atoms with Crippen molar-refractivity contribution in [3.63, 3.8) is 0 Å². The molecule has 0 spiro atoms. The summed E-state index contributed by atoms with van der Waals surface area (Å²) in [5.74, 6) is 1.36. The van der Waals surface area contributed by atoms with E-state index >= 15 is 0 Å². The van der Waals surface area contributed by atoms with E-state index < -0.39 is 0 Å². The Morgan fingerprint density at radius 1 is 1.50 bits per heavy atom. The highest BCUT2D eigenvalue weighted by Gasteiger charge is 2.27. The van der Waals surface area contributed by atoms with E-state index in [0.29, 0.717) is 5.88 Å². The van der Waals surface area contributed by atoms with Crippen LogP contribution in [0.1, 0.15) is 5.56 Å². The Bertz CT molecular complexity index is 473. The van der Waals surface area contributed by atoms with Crippen molar-refractivity contribution in [3.8, 4) is 0 Å². The van der Waals surface area contributed by atoms with E-state index in [2.05, 4.69) is 26.4 Å². The SMILES string of the molecule is Cl.ClCC1=CSC2=Nc3ncccc3CN12. The van der Waals surface area contributed by atoms with Crippen molar-refractivity contribution in [2.45, 2.75) is 6.54 Å². The molecule has 0 aromatic carbocycles. The Hall–Kier alpha value is -0.710. The van der Waals surface area contributed by atoms with Crippen LogP contribution in [0.15, 0.2) is 34.4 Å². The molecule has 0 atom stereocenters. The summed E-state index contributed by atoms with van der Waals surface area (Å²) in [5.41, 5.74) is 2.27. The van der Waals surface area contributed by atoms with Gasteiger partial charge in [-0.15, -0.1) is 24.0 Å². The summed E-state index contributed by atoms with van der Waals surface area (Å²) in [7, 11) is 0. The molecule has 0 amide bonds. The van der Waals surface area contributed by atoms with Gasteiger partial charge in [0.25, 0.3) is 0 Å². The molecule has 0 saturated heterocycles. The number of thioether (sulfide) groups is 1. The van der Waals surface area contributed by atoms with Gasteiger partial charge in [-0.05, 0) is 11.5 Å². The molecule has 0 bridgehead atoms. The van der Waals surface area contributed by atoms with Crippen LogP contribution in [0.4, 0.5) is 5.82 Å². The molecule has 2 aliphatic rings. The van der Waals surface area contributed by atoms with Crippen molar-refractivity contribution in [2.24, 2.45) is 4.99 Å². The molecule has 0 N–H and O–H groups in total. The second kappa shape index (κ2) is 4.65. The van der Waals surface area contributed by atoms with Crippen LogP contribution in [-0.2, 0) is 6.54 Å². The third kappa shape index (κ3) is 1.81. The van der Waals surface area contributed by atoms with Gasteiger partial charge < -0.3 is 4.90 Å². The minimum Gasteiger partial charge on any atom is -0.318 e. The maximum absolute atomic E-state index is 5.86. The van der Waals surface area contributed by atoms with Gasteiger partial charge in [-0.25, -0.2) is 9.98 Å². The number of hydrogen-bond acceptors (Lipinski definition) is 4. The lowest BCUT2D eigenvalue weighted by Crippen LogP contribution is -2.27. The highest BCUT2D eigenvalue weighted by molar-refractivity contribution is 8.16. The summed E-state index contributed by atoms with van der Waals surface area (Å²) in [4.78, 5) is 10.9. The normalized spacial score (nSPS) is 16.9. The molecule has 0 saturated carbocycles. The number of allylic oxidation sites excluding steroid dienone is 1. The van der Waals surface area contributed by atoms with Crippen LogP contribution in [0.5, 0.6) is 0 Å². The molecule has 0 radical (unpaired) electrons. The summed E-state index contributed by atoms with van der Waals surface area (Å²) in [6, 6.07) is 3.99. The zero-order valence-corrected chi connectivity index (χ0v) is 10.6. The number of hydrogen-bond donors (Lipinski definition) is 0. The zero-order valence-electron chi connectivity index (χ0n) is 8.26. The first kappa shape index (κ1) is 11.8. The van der Waals surface area contributed by atoms with Crippen molar-refractivity contribution in [1.29, 1.82) is 0 Å². The molecule has 6 heteroatoms. The number of fused-ring (bicyclic) bond motifs is 2. The zero-order chi connectivity index (χ0) is 10.3. The van der Waals surface area contributed by atoms with Crippen LogP contribution in [0.3, 0.4) is 0 Å². The Kier molecular flexibility index (Phi) is 3.42. The van der Waals surface area contributed by atoms with Gasteiger partial charge in [-0.2, -0.15) is 0 Å². The van der Waals surface area contributed by atoms with Crippen LogP contribution in [-0.4, -0.2) is 20.9 Å². The summed E-state index contributed by atoms with van der Waals surface area (Å²) < 4.78 is 0. The molecular formula is C10H9Cl2N3S. The molecular weight excluding hydrogens is 265 g/mol. The first-order chi connectivity index (χ1) is 7.38. The van der Waals surface area contributed by atoms with Gasteiger partial charge in [0.1, 0.15) is 0 Å². The highest BCUT2D eigenvalue weighted by Crippen LogP contribution is 2.35. The minimum atomic E-state index is 0. The fourth-order valence-electron chi connectivity index (χ4n) is 1.65. The summed E-state index contributed by atoms with van der Waals surface area (Å²) in [6.45, 7) is 0.827. The van der Waals surface area contributed by atoms with Crippen molar-refractivity contribution in [1.82, 2.24) is 9.88 Å². The molecule has 16 heavy (non-hydrogen) atoms. The van der Waals surface area contributed by atoms with Gasteiger partial charge in [-0.1, -0.05) is 17.8 Å². The van der Waals surface area contributed by atoms with E-state index in [9.17, 15) is 0 Å². The molecule has 0 unspecified atom stereocenters. The second-order valence-corrected chi connectivity index (χ2v) is 4.43. The largest absolute Gasteiger partial charge is 0.318 e. The predicted molar refractivity (Wildman–Crippen MR) is 70.5 cm³/mol. The number of halogens is 2. The number of nitrogens with zero attached hydrogens (tertiary/aromatic N) is 3. The lowest BCUT2D eigenvalue weighted by Gasteiger charge is -2.25. The molecule has 3 heterocycles. The maximum Gasteiger partial charge on any atom is 0.175 e. The van der Waals surface area contributed by atoms with Gasteiger partial charge in [0, 0.05) is 17.5 Å². The molecule has 2 aliphatic heterocycles.